The van der Waals surface area contributed by atoms with Gasteiger partial charge in [-0.25, -0.2) is 0 Å². The number of rotatable bonds is 6. The average Bonchev–Trinajstić information content (AvgIpc) is 2.12. The highest BCUT2D eigenvalue weighted by Gasteiger charge is 2.28. The molecule has 0 saturated carbocycles. The standard InChI is InChI=1S/C9H18N4O3/c1-9(2,8(12)16)13-7(15)5(10)3-4-6(11)14/h5H,3-4,10H2,1-2H3,(H2,11,14)(H2,12,16)(H,13,15)/t5-/m0/s1. The van der Waals surface area contributed by atoms with Gasteiger partial charge in [0.2, 0.25) is 17.7 Å². The molecular weight excluding hydrogens is 212 g/mol. The predicted octanol–water partition coefficient (Wildman–Crippen LogP) is -2.04. The number of primary amides is 2. The maximum atomic E-state index is 11.5. The van der Waals surface area contributed by atoms with E-state index in [0.29, 0.717) is 0 Å². The molecular formula is C9H18N4O3. The van der Waals surface area contributed by atoms with Crippen LogP contribution in [0.1, 0.15) is 26.7 Å². The van der Waals surface area contributed by atoms with E-state index in [2.05, 4.69) is 5.32 Å². The number of amides is 3. The molecule has 0 aromatic heterocycles. The van der Waals surface area contributed by atoms with Crippen LogP contribution in [0.5, 0.6) is 0 Å². The summed E-state index contributed by atoms with van der Waals surface area (Å²) < 4.78 is 0. The van der Waals surface area contributed by atoms with Crippen molar-refractivity contribution in [2.75, 3.05) is 0 Å². The summed E-state index contributed by atoms with van der Waals surface area (Å²) in [6.07, 6.45) is 0.154. The van der Waals surface area contributed by atoms with E-state index in [1.54, 1.807) is 0 Å². The van der Waals surface area contributed by atoms with Crippen molar-refractivity contribution in [3.63, 3.8) is 0 Å². The van der Waals surface area contributed by atoms with Gasteiger partial charge in [0.1, 0.15) is 5.54 Å². The second kappa shape index (κ2) is 5.45. The third-order valence-electron chi connectivity index (χ3n) is 2.09. The van der Waals surface area contributed by atoms with Crippen LogP contribution >= 0.6 is 0 Å². The van der Waals surface area contributed by atoms with E-state index in [9.17, 15) is 14.4 Å². The summed E-state index contributed by atoms with van der Waals surface area (Å²) in [6, 6.07) is -0.883. The summed E-state index contributed by atoms with van der Waals surface area (Å²) in [6.45, 7) is 2.93. The number of carbonyl (C=O) groups excluding carboxylic acids is 3. The van der Waals surface area contributed by atoms with Crippen LogP contribution in [-0.2, 0) is 14.4 Å². The molecule has 0 bridgehead atoms. The van der Waals surface area contributed by atoms with Crippen molar-refractivity contribution in [1.82, 2.24) is 5.32 Å². The van der Waals surface area contributed by atoms with Gasteiger partial charge in [0.25, 0.3) is 0 Å². The Hall–Kier alpha value is -1.63. The number of nitrogens with two attached hydrogens (primary N) is 3. The van der Waals surface area contributed by atoms with Crippen LogP contribution in [0, 0.1) is 0 Å². The van der Waals surface area contributed by atoms with Gasteiger partial charge in [0.15, 0.2) is 0 Å². The van der Waals surface area contributed by atoms with E-state index in [1.165, 1.54) is 13.8 Å². The molecule has 16 heavy (non-hydrogen) atoms. The molecule has 92 valence electrons. The molecule has 0 aliphatic heterocycles. The third-order valence-corrected chi connectivity index (χ3v) is 2.09. The lowest BCUT2D eigenvalue weighted by molar-refractivity contribution is -0.131. The van der Waals surface area contributed by atoms with E-state index in [1.807, 2.05) is 0 Å². The molecule has 0 heterocycles. The largest absolute Gasteiger partial charge is 0.370 e. The maximum Gasteiger partial charge on any atom is 0.242 e. The molecule has 0 aliphatic rings. The van der Waals surface area contributed by atoms with E-state index in [0.717, 1.165) is 0 Å². The lowest BCUT2D eigenvalue weighted by Gasteiger charge is -2.24. The summed E-state index contributed by atoms with van der Waals surface area (Å²) in [5.74, 6) is -1.73. The summed E-state index contributed by atoms with van der Waals surface area (Å²) >= 11 is 0. The van der Waals surface area contributed by atoms with Crippen LogP contribution < -0.4 is 22.5 Å². The van der Waals surface area contributed by atoms with Crippen LogP contribution in [0.4, 0.5) is 0 Å². The molecule has 7 heteroatoms. The monoisotopic (exact) mass is 230 g/mol. The maximum absolute atomic E-state index is 11.5. The molecule has 0 fully saturated rings. The van der Waals surface area contributed by atoms with E-state index in [-0.39, 0.29) is 12.8 Å². The Labute approximate surface area is 93.7 Å². The SMILES string of the molecule is CC(C)(NC(=O)[C@@H](N)CCC(N)=O)C(N)=O. The van der Waals surface area contributed by atoms with Crippen LogP contribution in [0.25, 0.3) is 0 Å². The number of hydrogen-bond donors (Lipinski definition) is 4. The first-order valence-electron chi connectivity index (χ1n) is 4.82. The first kappa shape index (κ1) is 14.4. The van der Waals surface area contributed by atoms with Crippen molar-refractivity contribution in [3.8, 4) is 0 Å². The molecule has 0 aromatic carbocycles. The molecule has 0 saturated heterocycles. The summed E-state index contributed by atoms with van der Waals surface area (Å²) in [4.78, 5) is 32.9. The molecule has 7 N–H and O–H groups in total. The Morgan fingerprint density at radius 2 is 1.75 bits per heavy atom. The minimum Gasteiger partial charge on any atom is -0.370 e. The van der Waals surface area contributed by atoms with Gasteiger partial charge in [0.05, 0.1) is 6.04 Å². The van der Waals surface area contributed by atoms with Crippen molar-refractivity contribution in [1.29, 1.82) is 0 Å². The highest BCUT2D eigenvalue weighted by molar-refractivity contribution is 5.91. The molecule has 3 amide bonds. The Morgan fingerprint density at radius 3 is 2.12 bits per heavy atom. The normalized spacial score (nSPS) is 12.9. The van der Waals surface area contributed by atoms with Gasteiger partial charge >= 0.3 is 0 Å². The molecule has 0 unspecified atom stereocenters. The fraction of sp³-hybridized carbons (Fsp3) is 0.667. The molecule has 0 radical (unpaired) electrons. The molecule has 1 atom stereocenters. The quantitative estimate of drug-likeness (QED) is 0.417. The van der Waals surface area contributed by atoms with Crippen LogP contribution in [-0.4, -0.2) is 29.3 Å². The van der Waals surface area contributed by atoms with Crippen LogP contribution in [0.15, 0.2) is 0 Å². The van der Waals surface area contributed by atoms with Gasteiger partial charge in [-0.05, 0) is 20.3 Å². The van der Waals surface area contributed by atoms with Crippen molar-refractivity contribution < 1.29 is 14.4 Å². The zero-order chi connectivity index (χ0) is 12.9. The van der Waals surface area contributed by atoms with Gasteiger partial charge in [-0.15, -0.1) is 0 Å². The molecule has 0 spiro atoms. The summed E-state index contributed by atoms with van der Waals surface area (Å²) in [5.41, 5.74) is 14.3. The van der Waals surface area contributed by atoms with Gasteiger partial charge in [-0.3, -0.25) is 14.4 Å². The predicted molar refractivity (Wildman–Crippen MR) is 57.8 cm³/mol. The van der Waals surface area contributed by atoms with Gasteiger partial charge < -0.3 is 22.5 Å². The Balaban J connectivity index is 4.25. The highest BCUT2D eigenvalue weighted by Crippen LogP contribution is 2.02. The zero-order valence-corrected chi connectivity index (χ0v) is 9.45. The fourth-order valence-corrected chi connectivity index (χ4v) is 0.891. The number of hydrogen-bond acceptors (Lipinski definition) is 4. The lowest BCUT2D eigenvalue weighted by Crippen LogP contribution is -2.56. The van der Waals surface area contributed by atoms with Crippen LogP contribution in [0.2, 0.25) is 0 Å². The van der Waals surface area contributed by atoms with Crippen molar-refractivity contribution >= 4 is 17.7 Å². The molecule has 7 nitrogen and oxygen atoms in total. The Bertz CT molecular complexity index is 301. The lowest BCUT2D eigenvalue weighted by atomic mass is 10.0. The number of carbonyl (C=O) groups is 3. The Morgan fingerprint density at radius 1 is 1.25 bits per heavy atom. The smallest absolute Gasteiger partial charge is 0.242 e. The summed E-state index contributed by atoms with van der Waals surface area (Å²) in [5, 5.41) is 2.39. The molecule has 0 aliphatic carbocycles. The topological polar surface area (TPSA) is 141 Å². The second-order valence-electron chi connectivity index (χ2n) is 4.09. The second-order valence-corrected chi connectivity index (χ2v) is 4.09. The van der Waals surface area contributed by atoms with Crippen LogP contribution in [0.3, 0.4) is 0 Å². The van der Waals surface area contributed by atoms with E-state index < -0.39 is 29.3 Å². The van der Waals surface area contributed by atoms with Crippen molar-refractivity contribution in [2.45, 2.75) is 38.3 Å². The number of nitrogens with one attached hydrogen (secondary N) is 1. The van der Waals surface area contributed by atoms with Gasteiger partial charge in [-0.1, -0.05) is 0 Å². The van der Waals surface area contributed by atoms with Gasteiger partial charge in [-0.2, -0.15) is 0 Å². The highest BCUT2D eigenvalue weighted by atomic mass is 16.2. The van der Waals surface area contributed by atoms with Crippen molar-refractivity contribution in [3.05, 3.63) is 0 Å². The first-order valence-corrected chi connectivity index (χ1v) is 4.82. The molecule has 0 rings (SSSR count). The van der Waals surface area contributed by atoms with Crippen molar-refractivity contribution in [2.24, 2.45) is 17.2 Å². The summed E-state index contributed by atoms with van der Waals surface area (Å²) in [7, 11) is 0. The third kappa shape index (κ3) is 4.74. The minimum absolute atomic E-state index is 0.0194. The van der Waals surface area contributed by atoms with E-state index in [4.69, 9.17) is 17.2 Å². The zero-order valence-electron chi connectivity index (χ0n) is 9.45. The Kier molecular flexibility index (Phi) is 4.90. The average molecular weight is 230 g/mol. The molecule has 0 aromatic rings. The van der Waals surface area contributed by atoms with Gasteiger partial charge in [0, 0.05) is 6.42 Å². The minimum atomic E-state index is -1.17. The van der Waals surface area contributed by atoms with E-state index >= 15 is 0 Å². The fourth-order valence-electron chi connectivity index (χ4n) is 0.891. The first-order chi connectivity index (χ1) is 7.16.